The zero-order valence-electron chi connectivity index (χ0n) is 10.8. The molecule has 18 heavy (non-hydrogen) atoms. The van der Waals surface area contributed by atoms with E-state index in [1.54, 1.807) is 11.9 Å². The van der Waals surface area contributed by atoms with Gasteiger partial charge in [-0.25, -0.2) is 10.8 Å². The number of hydrogen-bond donors (Lipinski definition) is 2. The number of hydrogen-bond acceptors (Lipinski definition) is 7. The Balaban J connectivity index is 3.14. The molecule has 1 aromatic rings. The van der Waals surface area contributed by atoms with Crippen LogP contribution in [0.15, 0.2) is 6.20 Å². The van der Waals surface area contributed by atoms with Crippen molar-refractivity contribution >= 4 is 17.5 Å². The standard InChI is InChI=1S/C10H18N6O2/c1-4-5-7(2)15(3)9-8(16(17)18)6-12-10(13-9)14-11/h6-7H,4-5,11H2,1-3H3,(H,12,13,14). The summed E-state index contributed by atoms with van der Waals surface area (Å²) in [5.41, 5.74) is 2.16. The molecular weight excluding hydrogens is 236 g/mol. The largest absolute Gasteiger partial charge is 0.351 e. The predicted octanol–water partition coefficient (Wildman–Crippen LogP) is 1.30. The molecule has 0 spiro atoms. The molecule has 0 aliphatic carbocycles. The lowest BCUT2D eigenvalue weighted by Gasteiger charge is -2.25. The average Bonchev–Trinajstić information content (AvgIpc) is 2.37. The number of aromatic nitrogens is 2. The van der Waals surface area contributed by atoms with Crippen molar-refractivity contribution in [3.05, 3.63) is 16.3 Å². The molecule has 0 aliphatic rings. The smallest absolute Gasteiger partial charge is 0.329 e. The van der Waals surface area contributed by atoms with Crippen LogP contribution >= 0.6 is 0 Å². The average molecular weight is 254 g/mol. The second kappa shape index (κ2) is 6.10. The first-order valence-corrected chi connectivity index (χ1v) is 5.72. The number of nitrogens with two attached hydrogens (primary N) is 1. The van der Waals surface area contributed by atoms with Crippen LogP contribution in [0.5, 0.6) is 0 Å². The van der Waals surface area contributed by atoms with Crippen LogP contribution in [0, 0.1) is 10.1 Å². The maximum atomic E-state index is 11.0. The molecule has 8 nitrogen and oxygen atoms in total. The fourth-order valence-electron chi connectivity index (χ4n) is 1.64. The SMILES string of the molecule is CCCC(C)N(C)c1nc(NN)ncc1[N+](=O)[O-]. The molecule has 0 radical (unpaired) electrons. The zero-order chi connectivity index (χ0) is 13.7. The van der Waals surface area contributed by atoms with E-state index < -0.39 is 4.92 Å². The van der Waals surface area contributed by atoms with Gasteiger partial charge in [-0.15, -0.1) is 0 Å². The lowest BCUT2D eigenvalue weighted by atomic mass is 10.2. The van der Waals surface area contributed by atoms with E-state index in [-0.39, 0.29) is 23.5 Å². The summed E-state index contributed by atoms with van der Waals surface area (Å²) in [7, 11) is 1.77. The van der Waals surface area contributed by atoms with Crippen LogP contribution in [0.1, 0.15) is 26.7 Å². The monoisotopic (exact) mass is 254 g/mol. The number of hydrazine groups is 1. The van der Waals surface area contributed by atoms with Crippen molar-refractivity contribution in [1.82, 2.24) is 9.97 Å². The number of nitrogen functional groups attached to an aromatic ring is 1. The Hall–Kier alpha value is -1.96. The maximum Gasteiger partial charge on any atom is 0.329 e. The van der Waals surface area contributed by atoms with Gasteiger partial charge in [0.2, 0.25) is 11.8 Å². The number of anilines is 2. The van der Waals surface area contributed by atoms with Gasteiger partial charge >= 0.3 is 5.69 Å². The van der Waals surface area contributed by atoms with Gasteiger partial charge in [-0.05, 0) is 13.3 Å². The third-order valence-corrected chi connectivity index (χ3v) is 2.78. The van der Waals surface area contributed by atoms with Gasteiger partial charge in [0.25, 0.3) is 0 Å². The normalized spacial score (nSPS) is 12.0. The van der Waals surface area contributed by atoms with E-state index in [4.69, 9.17) is 5.84 Å². The van der Waals surface area contributed by atoms with E-state index in [9.17, 15) is 10.1 Å². The van der Waals surface area contributed by atoms with Gasteiger partial charge in [-0.2, -0.15) is 4.98 Å². The minimum Gasteiger partial charge on any atom is -0.351 e. The summed E-state index contributed by atoms with van der Waals surface area (Å²) in [6, 6.07) is 0.147. The number of nitro groups is 1. The first-order valence-electron chi connectivity index (χ1n) is 5.72. The van der Waals surface area contributed by atoms with Gasteiger partial charge in [0.05, 0.1) is 4.92 Å². The topological polar surface area (TPSA) is 110 Å². The molecule has 0 amide bonds. The molecule has 3 N–H and O–H groups in total. The molecule has 0 saturated carbocycles. The Morgan fingerprint density at radius 2 is 2.33 bits per heavy atom. The number of rotatable bonds is 6. The zero-order valence-corrected chi connectivity index (χ0v) is 10.8. The summed E-state index contributed by atoms with van der Waals surface area (Å²) in [5.74, 6) is 5.64. The van der Waals surface area contributed by atoms with Gasteiger partial charge in [0, 0.05) is 13.1 Å². The highest BCUT2D eigenvalue weighted by atomic mass is 16.6. The molecule has 1 rings (SSSR count). The van der Waals surface area contributed by atoms with Crippen molar-refractivity contribution in [2.45, 2.75) is 32.7 Å². The molecule has 1 atom stereocenters. The lowest BCUT2D eigenvalue weighted by Crippen LogP contribution is -2.30. The van der Waals surface area contributed by atoms with Crippen molar-refractivity contribution in [2.24, 2.45) is 5.84 Å². The van der Waals surface area contributed by atoms with E-state index in [1.165, 1.54) is 0 Å². The second-order valence-corrected chi connectivity index (χ2v) is 4.05. The summed E-state index contributed by atoms with van der Waals surface area (Å²) in [6.45, 7) is 4.05. The van der Waals surface area contributed by atoms with Crippen molar-refractivity contribution in [1.29, 1.82) is 0 Å². The highest BCUT2D eigenvalue weighted by Crippen LogP contribution is 2.27. The Morgan fingerprint density at radius 3 is 2.83 bits per heavy atom. The van der Waals surface area contributed by atoms with Crippen molar-refractivity contribution in [3.63, 3.8) is 0 Å². The molecule has 0 bridgehead atoms. The van der Waals surface area contributed by atoms with Crippen LogP contribution in [0.3, 0.4) is 0 Å². The summed E-state index contributed by atoms with van der Waals surface area (Å²) in [5, 5.41) is 11.0. The van der Waals surface area contributed by atoms with Crippen LogP contribution in [0.4, 0.5) is 17.5 Å². The molecule has 1 aromatic heterocycles. The van der Waals surface area contributed by atoms with Crippen LogP contribution < -0.4 is 16.2 Å². The molecule has 100 valence electrons. The Labute approximate surface area is 105 Å². The quantitative estimate of drug-likeness (QED) is 0.447. The first kappa shape index (κ1) is 14.1. The summed E-state index contributed by atoms with van der Waals surface area (Å²) >= 11 is 0. The maximum absolute atomic E-state index is 11.0. The second-order valence-electron chi connectivity index (χ2n) is 4.05. The number of nitrogens with zero attached hydrogens (tertiary/aromatic N) is 4. The highest BCUT2D eigenvalue weighted by Gasteiger charge is 2.23. The molecule has 0 aliphatic heterocycles. The lowest BCUT2D eigenvalue weighted by molar-refractivity contribution is -0.384. The third-order valence-electron chi connectivity index (χ3n) is 2.78. The first-order chi connectivity index (χ1) is 8.51. The van der Waals surface area contributed by atoms with E-state index in [1.807, 2.05) is 6.92 Å². The van der Waals surface area contributed by atoms with E-state index in [2.05, 4.69) is 22.3 Å². The molecule has 0 aromatic carbocycles. The summed E-state index contributed by atoms with van der Waals surface area (Å²) in [6.07, 6.45) is 3.07. The molecule has 1 unspecified atom stereocenters. The molecule has 8 heteroatoms. The van der Waals surface area contributed by atoms with Gasteiger partial charge in [-0.1, -0.05) is 13.3 Å². The highest BCUT2D eigenvalue weighted by molar-refractivity contribution is 5.58. The van der Waals surface area contributed by atoms with Gasteiger partial charge in [0.15, 0.2) is 0 Å². The van der Waals surface area contributed by atoms with Crippen LogP contribution in [0.25, 0.3) is 0 Å². The fourth-order valence-corrected chi connectivity index (χ4v) is 1.64. The Bertz CT molecular complexity index is 425. The van der Waals surface area contributed by atoms with Crippen molar-refractivity contribution in [3.8, 4) is 0 Å². The molecule has 0 fully saturated rings. The van der Waals surface area contributed by atoms with E-state index in [0.29, 0.717) is 0 Å². The van der Waals surface area contributed by atoms with Crippen molar-refractivity contribution < 1.29 is 4.92 Å². The van der Waals surface area contributed by atoms with Crippen LogP contribution in [-0.2, 0) is 0 Å². The van der Waals surface area contributed by atoms with Gasteiger partial charge in [0.1, 0.15) is 6.20 Å². The Morgan fingerprint density at radius 1 is 1.67 bits per heavy atom. The van der Waals surface area contributed by atoms with Crippen LogP contribution in [0.2, 0.25) is 0 Å². The van der Waals surface area contributed by atoms with Gasteiger partial charge in [-0.3, -0.25) is 15.5 Å². The summed E-state index contributed by atoms with van der Waals surface area (Å²) < 4.78 is 0. The summed E-state index contributed by atoms with van der Waals surface area (Å²) in [4.78, 5) is 20.0. The van der Waals surface area contributed by atoms with Crippen molar-refractivity contribution in [2.75, 3.05) is 17.4 Å². The molecule has 0 saturated heterocycles. The number of nitrogens with one attached hydrogen (secondary N) is 1. The molecular formula is C10H18N6O2. The minimum atomic E-state index is -0.495. The predicted molar refractivity (Wildman–Crippen MR) is 69.3 cm³/mol. The third kappa shape index (κ3) is 3.04. The van der Waals surface area contributed by atoms with E-state index in [0.717, 1.165) is 19.0 Å². The fraction of sp³-hybridized carbons (Fsp3) is 0.600. The minimum absolute atomic E-state index is 0.126. The molecule has 1 heterocycles. The van der Waals surface area contributed by atoms with Crippen LogP contribution in [-0.4, -0.2) is 28.0 Å². The van der Waals surface area contributed by atoms with E-state index >= 15 is 0 Å². The Kier molecular flexibility index (Phi) is 4.78. The van der Waals surface area contributed by atoms with Gasteiger partial charge < -0.3 is 4.90 Å².